The highest BCUT2D eigenvalue weighted by atomic mass is 16.3. The van der Waals surface area contributed by atoms with E-state index in [-0.39, 0.29) is 18.6 Å². The van der Waals surface area contributed by atoms with Crippen LogP contribution in [0.4, 0.5) is 5.82 Å². The van der Waals surface area contributed by atoms with E-state index in [1.165, 1.54) is 4.90 Å². The van der Waals surface area contributed by atoms with Crippen molar-refractivity contribution in [1.29, 1.82) is 0 Å². The topological polar surface area (TPSA) is 65.5 Å². The van der Waals surface area contributed by atoms with Crippen LogP contribution in [-0.4, -0.2) is 47.6 Å². The summed E-state index contributed by atoms with van der Waals surface area (Å²) in [7, 11) is 3.41. The van der Waals surface area contributed by atoms with Gasteiger partial charge in [-0.25, -0.2) is 4.98 Å². The minimum absolute atomic E-state index is 0.0112. The fraction of sp³-hybridized carbons (Fsp3) is 0.571. The van der Waals surface area contributed by atoms with Gasteiger partial charge in [-0.15, -0.1) is 0 Å². The van der Waals surface area contributed by atoms with Crippen molar-refractivity contribution in [2.45, 2.75) is 26.3 Å². The molecule has 1 atom stereocenters. The Kier molecular flexibility index (Phi) is 5.76. The van der Waals surface area contributed by atoms with Crippen molar-refractivity contribution in [3.8, 4) is 0 Å². The Balaban J connectivity index is 2.68. The number of hydrogen-bond donors (Lipinski definition) is 2. The zero-order chi connectivity index (χ0) is 14.4. The van der Waals surface area contributed by atoms with Gasteiger partial charge in [-0.2, -0.15) is 0 Å². The van der Waals surface area contributed by atoms with E-state index < -0.39 is 0 Å². The smallest absolute Gasteiger partial charge is 0.254 e. The zero-order valence-electron chi connectivity index (χ0n) is 12.1. The molecule has 0 aliphatic heterocycles. The maximum Gasteiger partial charge on any atom is 0.254 e. The Morgan fingerprint density at radius 3 is 2.53 bits per heavy atom. The molecule has 2 N–H and O–H groups in total. The SMILES string of the molecule is CC(C)CC(CO)Nc1ccc(C(=O)N(C)C)cn1. The first-order valence-corrected chi connectivity index (χ1v) is 6.49. The second-order valence-electron chi connectivity index (χ2n) is 5.29. The maximum atomic E-state index is 11.7. The van der Waals surface area contributed by atoms with E-state index >= 15 is 0 Å². The van der Waals surface area contributed by atoms with Crippen LogP contribution in [0.2, 0.25) is 0 Å². The van der Waals surface area contributed by atoms with E-state index in [9.17, 15) is 9.90 Å². The minimum Gasteiger partial charge on any atom is -0.394 e. The first-order chi connectivity index (χ1) is 8.93. The molecule has 1 aromatic rings. The van der Waals surface area contributed by atoms with Crippen molar-refractivity contribution in [3.05, 3.63) is 23.9 Å². The molecule has 0 bridgehead atoms. The predicted octanol–water partition coefficient (Wildman–Crippen LogP) is 1.60. The van der Waals surface area contributed by atoms with Crippen molar-refractivity contribution < 1.29 is 9.90 Å². The fourth-order valence-corrected chi connectivity index (χ4v) is 1.82. The van der Waals surface area contributed by atoms with Gasteiger partial charge in [-0.05, 0) is 24.5 Å². The van der Waals surface area contributed by atoms with Gasteiger partial charge in [0, 0.05) is 20.3 Å². The Labute approximate surface area is 114 Å². The number of amides is 1. The minimum atomic E-state index is -0.0695. The summed E-state index contributed by atoms with van der Waals surface area (Å²) < 4.78 is 0. The van der Waals surface area contributed by atoms with Gasteiger partial charge < -0.3 is 15.3 Å². The summed E-state index contributed by atoms with van der Waals surface area (Å²) >= 11 is 0. The lowest BCUT2D eigenvalue weighted by Gasteiger charge is -2.19. The molecule has 0 radical (unpaired) electrons. The number of pyridine rings is 1. The molecule has 0 aliphatic rings. The third-order valence-corrected chi connectivity index (χ3v) is 2.74. The maximum absolute atomic E-state index is 11.7. The predicted molar refractivity (Wildman–Crippen MR) is 76.2 cm³/mol. The summed E-state index contributed by atoms with van der Waals surface area (Å²) in [4.78, 5) is 17.4. The third kappa shape index (κ3) is 4.87. The first kappa shape index (κ1) is 15.4. The molecule has 0 fully saturated rings. The van der Waals surface area contributed by atoms with Crippen LogP contribution in [0.25, 0.3) is 0 Å². The van der Waals surface area contributed by atoms with Gasteiger partial charge in [-0.3, -0.25) is 4.79 Å². The van der Waals surface area contributed by atoms with Crippen LogP contribution in [0.5, 0.6) is 0 Å². The van der Waals surface area contributed by atoms with Crippen molar-refractivity contribution >= 4 is 11.7 Å². The highest BCUT2D eigenvalue weighted by Gasteiger charge is 2.11. The molecule has 106 valence electrons. The number of carbonyl (C=O) groups is 1. The first-order valence-electron chi connectivity index (χ1n) is 6.49. The van der Waals surface area contributed by atoms with Gasteiger partial charge in [0.15, 0.2) is 0 Å². The van der Waals surface area contributed by atoms with Crippen molar-refractivity contribution in [2.75, 3.05) is 26.0 Å². The van der Waals surface area contributed by atoms with Crippen LogP contribution in [0, 0.1) is 5.92 Å². The third-order valence-electron chi connectivity index (χ3n) is 2.74. The summed E-state index contributed by atoms with van der Waals surface area (Å²) in [5, 5.41) is 12.5. The zero-order valence-corrected chi connectivity index (χ0v) is 12.1. The molecular formula is C14H23N3O2. The number of rotatable bonds is 6. The number of carbonyl (C=O) groups excluding carboxylic acids is 1. The Hall–Kier alpha value is -1.62. The molecule has 5 heteroatoms. The van der Waals surface area contributed by atoms with Crippen LogP contribution < -0.4 is 5.32 Å². The van der Waals surface area contributed by atoms with E-state index in [4.69, 9.17) is 0 Å². The molecule has 1 rings (SSSR count). The van der Waals surface area contributed by atoms with Gasteiger partial charge in [0.1, 0.15) is 5.82 Å². The largest absolute Gasteiger partial charge is 0.394 e. The van der Waals surface area contributed by atoms with Crippen molar-refractivity contribution in [1.82, 2.24) is 9.88 Å². The quantitative estimate of drug-likeness (QED) is 0.820. The van der Waals surface area contributed by atoms with Crippen LogP contribution >= 0.6 is 0 Å². The number of nitrogens with zero attached hydrogens (tertiary/aromatic N) is 2. The van der Waals surface area contributed by atoms with E-state index in [1.807, 2.05) is 0 Å². The lowest BCUT2D eigenvalue weighted by molar-refractivity contribution is 0.0827. The summed E-state index contributed by atoms with van der Waals surface area (Å²) in [6, 6.07) is 3.49. The molecule has 0 saturated heterocycles. The van der Waals surface area contributed by atoms with Gasteiger partial charge in [-0.1, -0.05) is 13.8 Å². The van der Waals surface area contributed by atoms with Gasteiger partial charge in [0.05, 0.1) is 18.2 Å². The highest BCUT2D eigenvalue weighted by Crippen LogP contribution is 2.12. The fourth-order valence-electron chi connectivity index (χ4n) is 1.82. The number of hydrogen-bond acceptors (Lipinski definition) is 4. The average Bonchev–Trinajstić information content (AvgIpc) is 2.37. The molecule has 1 amide bonds. The molecule has 1 aromatic heterocycles. The number of aromatic nitrogens is 1. The molecule has 0 saturated carbocycles. The van der Waals surface area contributed by atoms with E-state index in [1.54, 1.807) is 32.4 Å². The lowest BCUT2D eigenvalue weighted by Crippen LogP contribution is -2.26. The highest BCUT2D eigenvalue weighted by molar-refractivity contribution is 5.93. The molecule has 5 nitrogen and oxygen atoms in total. The molecule has 1 unspecified atom stereocenters. The van der Waals surface area contributed by atoms with Crippen molar-refractivity contribution in [3.63, 3.8) is 0 Å². The summed E-state index contributed by atoms with van der Waals surface area (Å²) in [5.74, 6) is 1.11. The van der Waals surface area contributed by atoms with E-state index in [0.29, 0.717) is 17.3 Å². The summed E-state index contributed by atoms with van der Waals surface area (Å²) in [6.45, 7) is 4.28. The normalized spacial score (nSPS) is 12.3. The molecule has 0 spiro atoms. The molecular weight excluding hydrogens is 242 g/mol. The number of nitrogens with one attached hydrogen (secondary N) is 1. The monoisotopic (exact) mass is 265 g/mol. The van der Waals surface area contributed by atoms with Crippen LogP contribution in [0.3, 0.4) is 0 Å². The summed E-state index contributed by atoms with van der Waals surface area (Å²) in [6.07, 6.45) is 2.42. The van der Waals surface area contributed by atoms with Crippen molar-refractivity contribution in [2.24, 2.45) is 5.92 Å². The molecule has 1 heterocycles. The van der Waals surface area contributed by atoms with Gasteiger partial charge >= 0.3 is 0 Å². The average molecular weight is 265 g/mol. The lowest BCUT2D eigenvalue weighted by atomic mass is 10.0. The number of aliphatic hydroxyl groups excluding tert-OH is 1. The number of aliphatic hydroxyl groups is 1. The van der Waals surface area contributed by atoms with E-state index in [0.717, 1.165) is 6.42 Å². The van der Waals surface area contributed by atoms with Gasteiger partial charge in [0.25, 0.3) is 5.91 Å². The van der Waals surface area contributed by atoms with Crippen LogP contribution in [-0.2, 0) is 0 Å². The second kappa shape index (κ2) is 7.09. The van der Waals surface area contributed by atoms with Gasteiger partial charge in [0.2, 0.25) is 0 Å². The van der Waals surface area contributed by atoms with Crippen LogP contribution in [0.15, 0.2) is 18.3 Å². The Bertz CT molecular complexity index is 402. The Morgan fingerprint density at radius 2 is 2.11 bits per heavy atom. The summed E-state index contributed by atoms with van der Waals surface area (Å²) in [5.41, 5.74) is 0.556. The Morgan fingerprint density at radius 1 is 1.42 bits per heavy atom. The standard InChI is InChI=1S/C14H23N3O2/c1-10(2)7-12(9-18)16-13-6-5-11(8-15-13)14(19)17(3)4/h5-6,8,10,12,18H,7,9H2,1-4H3,(H,15,16). The molecule has 0 aliphatic carbocycles. The molecule has 0 aromatic carbocycles. The van der Waals surface area contributed by atoms with E-state index in [2.05, 4.69) is 24.1 Å². The number of anilines is 1. The second-order valence-corrected chi connectivity index (χ2v) is 5.29. The molecule has 19 heavy (non-hydrogen) atoms. The van der Waals surface area contributed by atoms with Crippen LogP contribution in [0.1, 0.15) is 30.6 Å².